The first kappa shape index (κ1) is 11.3. The lowest BCUT2D eigenvalue weighted by molar-refractivity contribution is 0.144. The standard InChI is InChI=1S/C12H19N3O/c1-3-10-7-11(14-9(2)13-10)15-12(8-16)5-4-6-12/h7,16H,3-6,8H2,1-2H3,(H,13,14,15). The molecule has 0 spiro atoms. The second-order valence-electron chi connectivity index (χ2n) is 4.56. The van der Waals surface area contributed by atoms with E-state index in [2.05, 4.69) is 22.2 Å². The monoisotopic (exact) mass is 221 g/mol. The molecule has 0 saturated heterocycles. The molecular weight excluding hydrogens is 202 g/mol. The lowest BCUT2D eigenvalue weighted by Crippen LogP contribution is -2.48. The van der Waals surface area contributed by atoms with Crippen LogP contribution in [0.3, 0.4) is 0 Å². The van der Waals surface area contributed by atoms with Crippen LogP contribution in [0.5, 0.6) is 0 Å². The van der Waals surface area contributed by atoms with Gasteiger partial charge in [-0.05, 0) is 32.6 Å². The summed E-state index contributed by atoms with van der Waals surface area (Å²) in [7, 11) is 0. The van der Waals surface area contributed by atoms with Crippen LogP contribution in [0.1, 0.15) is 37.7 Å². The smallest absolute Gasteiger partial charge is 0.130 e. The highest BCUT2D eigenvalue weighted by atomic mass is 16.3. The Labute approximate surface area is 96.1 Å². The molecular formula is C12H19N3O. The van der Waals surface area contributed by atoms with E-state index >= 15 is 0 Å². The van der Waals surface area contributed by atoms with Crippen molar-refractivity contribution in [2.24, 2.45) is 0 Å². The summed E-state index contributed by atoms with van der Waals surface area (Å²) in [5, 5.41) is 12.7. The minimum atomic E-state index is -0.133. The minimum Gasteiger partial charge on any atom is -0.394 e. The van der Waals surface area contributed by atoms with Crippen LogP contribution >= 0.6 is 0 Å². The summed E-state index contributed by atoms with van der Waals surface area (Å²) < 4.78 is 0. The van der Waals surface area contributed by atoms with Crippen LogP contribution in [-0.4, -0.2) is 27.2 Å². The van der Waals surface area contributed by atoms with E-state index in [4.69, 9.17) is 0 Å². The van der Waals surface area contributed by atoms with Gasteiger partial charge in [-0.3, -0.25) is 0 Å². The molecule has 0 unspecified atom stereocenters. The van der Waals surface area contributed by atoms with Crippen molar-refractivity contribution in [2.75, 3.05) is 11.9 Å². The van der Waals surface area contributed by atoms with Crippen molar-refractivity contribution in [3.8, 4) is 0 Å². The Morgan fingerprint density at radius 1 is 1.44 bits per heavy atom. The van der Waals surface area contributed by atoms with Crippen LogP contribution in [-0.2, 0) is 6.42 Å². The summed E-state index contributed by atoms with van der Waals surface area (Å²) in [5.41, 5.74) is 0.911. The van der Waals surface area contributed by atoms with E-state index in [9.17, 15) is 5.11 Å². The highest BCUT2D eigenvalue weighted by Crippen LogP contribution is 2.34. The molecule has 2 rings (SSSR count). The molecule has 1 aromatic rings. The number of aromatic nitrogens is 2. The zero-order chi connectivity index (χ0) is 11.6. The SMILES string of the molecule is CCc1cc(NC2(CO)CCC2)nc(C)n1. The molecule has 1 saturated carbocycles. The van der Waals surface area contributed by atoms with Crippen molar-refractivity contribution in [3.05, 3.63) is 17.6 Å². The largest absolute Gasteiger partial charge is 0.394 e. The summed E-state index contributed by atoms with van der Waals surface area (Å²) in [6.45, 7) is 4.16. The predicted octanol–water partition coefficient (Wildman–Crippen LogP) is 1.67. The van der Waals surface area contributed by atoms with E-state index in [-0.39, 0.29) is 12.1 Å². The van der Waals surface area contributed by atoms with Crippen molar-refractivity contribution in [3.63, 3.8) is 0 Å². The van der Waals surface area contributed by atoms with Gasteiger partial charge in [0.2, 0.25) is 0 Å². The maximum Gasteiger partial charge on any atom is 0.130 e. The molecule has 1 aliphatic carbocycles. The van der Waals surface area contributed by atoms with Gasteiger partial charge in [0.25, 0.3) is 0 Å². The molecule has 4 nitrogen and oxygen atoms in total. The van der Waals surface area contributed by atoms with Gasteiger partial charge in [0, 0.05) is 11.8 Å². The van der Waals surface area contributed by atoms with Crippen molar-refractivity contribution in [2.45, 2.75) is 45.1 Å². The molecule has 2 N–H and O–H groups in total. The van der Waals surface area contributed by atoms with Crippen LogP contribution < -0.4 is 5.32 Å². The second-order valence-corrected chi connectivity index (χ2v) is 4.56. The molecule has 0 bridgehead atoms. The zero-order valence-electron chi connectivity index (χ0n) is 9.95. The molecule has 16 heavy (non-hydrogen) atoms. The number of hydrogen-bond donors (Lipinski definition) is 2. The number of aryl methyl sites for hydroxylation is 2. The summed E-state index contributed by atoms with van der Waals surface area (Å²) in [6, 6.07) is 1.97. The Balaban J connectivity index is 2.17. The van der Waals surface area contributed by atoms with Gasteiger partial charge in [-0.25, -0.2) is 9.97 Å². The van der Waals surface area contributed by atoms with Gasteiger partial charge in [0.1, 0.15) is 11.6 Å². The quantitative estimate of drug-likeness (QED) is 0.812. The van der Waals surface area contributed by atoms with Crippen molar-refractivity contribution in [1.82, 2.24) is 9.97 Å². The number of nitrogens with zero attached hydrogens (tertiary/aromatic N) is 2. The van der Waals surface area contributed by atoms with Crippen molar-refractivity contribution < 1.29 is 5.11 Å². The first-order chi connectivity index (χ1) is 7.67. The minimum absolute atomic E-state index is 0.133. The van der Waals surface area contributed by atoms with Gasteiger partial charge in [0.15, 0.2) is 0 Å². The van der Waals surface area contributed by atoms with Gasteiger partial charge in [-0.15, -0.1) is 0 Å². The van der Waals surface area contributed by atoms with Gasteiger partial charge < -0.3 is 10.4 Å². The number of aliphatic hydroxyl groups excluding tert-OH is 1. The Morgan fingerprint density at radius 3 is 2.69 bits per heavy atom. The fraction of sp³-hybridized carbons (Fsp3) is 0.667. The molecule has 1 heterocycles. The number of hydrogen-bond acceptors (Lipinski definition) is 4. The fourth-order valence-corrected chi connectivity index (χ4v) is 2.07. The first-order valence-corrected chi connectivity index (χ1v) is 5.91. The lowest BCUT2D eigenvalue weighted by atomic mass is 9.77. The number of rotatable bonds is 4. The van der Waals surface area contributed by atoms with E-state index < -0.39 is 0 Å². The van der Waals surface area contributed by atoms with Gasteiger partial charge in [-0.1, -0.05) is 6.92 Å². The molecule has 0 aromatic carbocycles. The zero-order valence-corrected chi connectivity index (χ0v) is 9.95. The Morgan fingerprint density at radius 2 is 2.19 bits per heavy atom. The molecule has 0 amide bonds. The maximum absolute atomic E-state index is 9.39. The molecule has 88 valence electrons. The van der Waals surface area contributed by atoms with Crippen LogP contribution in [0.25, 0.3) is 0 Å². The summed E-state index contributed by atoms with van der Waals surface area (Å²) in [4.78, 5) is 8.70. The number of nitrogens with one attached hydrogen (secondary N) is 1. The third kappa shape index (κ3) is 2.16. The topological polar surface area (TPSA) is 58.0 Å². The van der Waals surface area contributed by atoms with Crippen LogP contribution in [0.2, 0.25) is 0 Å². The highest BCUT2D eigenvalue weighted by molar-refractivity contribution is 5.40. The molecule has 1 aromatic heterocycles. The molecule has 0 aliphatic heterocycles. The summed E-state index contributed by atoms with van der Waals surface area (Å²) in [5.74, 6) is 1.63. The number of aliphatic hydroxyl groups is 1. The van der Waals surface area contributed by atoms with Crippen LogP contribution in [0.4, 0.5) is 5.82 Å². The molecule has 1 fully saturated rings. The van der Waals surface area contributed by atoms with E-state index in [1.54, 1.807) is 0 Å². The lowest BCUT2D eigenvalue weighted by Gasteiger charge is -2.41. The Hall–Kier alpha value is -1.16. The third-order valence-corrected chi connectivity index (χ3v) is 3.26. The number of anilines is 1. The average molecular weight is 221 g/mol. The van der Waals surface area contributed by atoms with E-state index in [1.807, 2.05) is 13.0 Å². The molecule has 0 atom stereocenters. The fourth-order valence-electron chi connectivity index (χ4n) is 2.07. The Kier molecular flexibility index (Phi) is 3.10. The molecule has 1 aliphatic rings. The van der Waals surface area contributed by atoms with E-state index in [0.717, 1.165) is 36.6 Å². The van der Waals surface area contributed by atoms with Crippen LogP contribution in [0.15, 0.2) is 6.07 Å². The molecule has 4 heteroatoms. The normalized spacial score (nSPS) is 17.9. The van der Waals surface area contributed by atoms with Crippen molar-refractivity contribution in [1.29, 1.82) is 0 Å². The van der Waals surface area contributed by atoms with E-state index in [0.29, 0.717) is 0 Å². The van der Waals surface area contributed by atoms with Gasteiger partial charge >= 0.3 is 0 Å². The molecule has 0 radical (unpaired) electrons. The van der Waals surface area contributed by atoms with Crippen molar-refractivity contribution >= 4 is 5.82 Å². The highest BCUT2D eigenvalue weighted by Gasteiger charge is 2.36. The predicted molar refractivity (Wildman–Crippen MR) is 63.4 cm³/mol. The van der Waals surface area contributed by atoms with Gasteiger partial charge in [0.05, 0.1) is 12.1 Å². The summed E-state index contributed by atoms with van der Waals surface area (Å²) in [6.07, 6.45) is 4.13. The maximum atomic E-state index is 9.39. The van der Waals surface area contributed by atoms with E-state index in [1.165, 1.54) is 6.42 Å². The first-order valence-electron chi connectivity index (χ1n) is 5.91. The third-order valence-electron chi connectivity index (χ3n) is 3.26. The Bertz CT molecular complexity index is 369. The van der Waals surface area contributed by atoms with Gasteiger partial charge in [-0.2, -0.15) is 0 Å². The average Bonchev–Trinajstić information content (AvgIpc) is 2.22. The summed E-state index contributed by atoms with van der Waals surface area (Å²) >= 11 is 0. The van der Waals surface area contributed by atoms with Crippen LogP contribution in [0, 0.1) is 6.92 Å². The second kappa shape index (κ2) is 4.37.